The average Bonchev–Trinajstić information content (AvgIpc) is 3.06. The van der Waals surface area contributed by atoms with Gasteiger partial charge in [0.05, 0.1) is 22.4 Å². The Morgan fingerprint density at radius 1 is 1.19 bits per heavy atom. The smallest absolute Gasteiger partial charge is 0.248 e. The Kier molecular flexibility index (Phi) is 3.66. The molecular formula is C14H16N6S. The highest BCUT2D eigenvalue weighted by Crippen LogP contribution is 2.27. The number of anilines is 1. The molecule has 7 heteroatoms. The summed E-state index contributed by atoms with van der Waals surface area (Å²) in [5, 5.41) is 16.3. The maximum Gasteiger partial charge on any atom is 0.248 e. The van der Waals surface area contributed by atoms with Crippen LogP contribution in [0.4, 0.5) is 5.95 Å². The summed E-state index contributed by atoms with van der Waals surface area (Å²) in [7, 11) is 0. The molecule has 1 atom stereocenters. The van der Waals surface area contributed by atoms with Crippen LogP contribution in [0.15, 0.2) is 30.3 Å². The highest BCUT2D eigenvalue weighted by Gasteiger charge is 2.16. The average molecular weight is 300 g/mol. The lowest BCUT2D eigenvalue weighted by Gasteiger charge is -2.13. The molecule has 1 N–H and O–H groups in total. The first-order chi connectivity index (χ1) is 10.1. The summed E-state index contributed by atoms with van der Waals surface area (Å²) in [6.07, 6.45) is 0. The molecule has 21 heavy (non-hydrogen) atoms. The summed E-state index contributed by atoms with van der Waals surface area (Å²) in [6.45, 7) is 6.13. The second-order valence-electron chi connectivity index (χ2n) is 4.80. The van der Waals surface area contributed by atoms with Gasteiger partial charge in [0.25, 0.3) is 0 Å². The van der Waals surface area contributed by atoms with E-state index in [0.717, 1.165) is 16.4 Å². The first kappa shape index (κ1) is 13.7. The fourth-order valence-electron chi connectivity index (χ4n) is 2.23. The van der Waals surface area contributed by atoms with Crippen molar-refractivity contribution in [2.75, 3.05) is 5.32 Å². The molecule has 0 fully saturated rings. The second kappa shape index (κ2) is 5.61. The largest absolute Gasteiger partial charge is 0.345 e. The number of aromatic nitrogens is 5. The molecule has 0 amide bonds. The van der Waals surface area contributed by atoms with E-state index in [1.54, 1.807) is 16.0 Å². The zero-order valence-electron chi connectivity index (χ0n) is 12.1. The molecule has 0 aliphatic rings. The van der Waals surface area contributed by atoms with Crippen LogP contribution in [0.3, 0.4) is 0 Å². The standard InChI is InChI=1S/C14H16N6S/c1-9-13(21-11(3)15-9)10(2)16-14-17-18-19-20(14)12-7-5-4-6-8-12/h4-8,10H,1-3H3,(H,16,17,19). The lowest BCUT2D eigenvalue weighted by molar-refractivity contribution is 0.781. The van der Waals surface area contributed by atoms with Gasteiger partial charge in [-0.25, -0.2) is 4.98 Å². The van der Waals surface area contributed by atoms with Crippen molar-refractivity contribution in [2.24, 2.45) is 0 Å². The molecule has 108 valence electrons. The van der Waals surface area contributed by atoms with Crippen LogP contribution < -0.4 is 5.32 Å². The summed E-state index contributed by atoms with van der Waals surface area (Å²) in [5.41, 5.74) is 1.98. The highest BCUT2D eigenvalue weighted by atomic mass is 32.1. The minimum absolute atomic E-state index is 0.102. The first-order valence-electron chi connectivity index (χ1n) is 6.69. The zero-order valence-corrected chi connectivity index (χ0v) is 12.9. The van der Waals surface area contributed by atoms with Gasteiger partial charge in [-0.05, 0) is 43.3 Å². The number of thiazole rings is 1. The molecular weight excluding hydrogens is 284 g/mol. The quantitative estimate of drug-likeness (QED) is 0.802. The van der Waals surface area contributed by atoms with Crippen molar-refractivity contribution < 1.29 is 0 Å². The predicted molar refractivity (Wildman–Crippen MR) is 82.8 cm³/mol. The Balaban J connectivity index is 1.86. The molecule has 0 spiro atoms. The molecule has 3 aromatic rings. The van der Waals surface area contributed by atoms with Gasteiger partial charge in [0.2, 0.25) is 5.95 Å². The highest BCUT2D eigenvalue weighted by molar-refractivity contribution is 7.11. The van der Waals surface area contributed by atoms with Crippen molar-refractivity contribution in [3.05, 3.63) is 45.9 Å². The van der Waals surface area contributed by atoms with Gasteiger partial charge in [-0.15, -0.1) is 11.3 Å². The number of tetrazole rings is 1. The minimum Gasteiger partial charge on any atom is -0.345 e. The second-order valence-corrected chi connectivity index (χ2v) is 6.03. The van der Waals surface area contributed by atoms with Crippen molar-refractivity contribution >= 4 is 17.3 Å². The Morgan fingerprint density at radius 2 is 1.95 bits per heavy atom. The van der Waals surface area contributed by atoms with E-state index in [2.05, 4.69) is 32.7 Å². The summed E-state index contributed by atoms with van der Waals surface area (Å²) >= 11 is 1.69. The number of nitrogens with one attached hydrogen (secondary N) is 1. The van der Waals surface area contributed by atoms with Crippen LogP contribution in [0.1, 0.15) is 28.5 Å². The number of para-hydroxylation sites is 1. The molecule has 0 radical (unpaired) electrons. The molecule has 0 saturated heterocycles. The topological polar surface area (TPSA) is 68.5 Å². The monoisotopic (exact) mass is 300 g/mol. The van der Waals surface area contributed by atoms with E-state index in [4.69, 9.17) is 0 Å². The van der Waals surface area contributed by atoms with E-state index in [1.807, 2.05) is 44.2 Å². The summed E-state index contributed by atoms with van der Waals surface area (Å²) < 4.78 is 1.69. The van der Waals surface area contributed by atoms with Crippen molar-refractivity contribution in [2.45, 2.75) is 26.8 Å². The number of aryl methyl sites for hydroxylation is 2. The number of hydrogen-bond donors (Lipinski definition) is 1. The Hall–Kier alpha value is -2.28. The van der Waals surface area contributed by atoms with Gasteiger partial charge >= 0.3 is 0 Å². The van der Waals surface area contributed by atoms with Gasteiger partial charge in [0.15, 0.2) is 0 Å². The fraction of sp³-hybridized carbons (Fsp3) is 0.286. The van der Waals surface area contributed by atoms with E-state index in [9.17, 15) is 0 Å². The van der Waals surface area contributed by atoms with Crippen molar-refractivity contribution in [1.82, 2.24) is 25.2 Å². The molecule has 2 heterocycles. The molecule has 3 rings (SSSR count). The molecule has 2 aromatic heterocycles. The third kappa shape index (κ3) is 2.78. The van der Waals surface area contributed by atoms with Gasteiger partial charge in [0, 0.05) is 4.88 Å². The van der Waals surface area contributed by atoms with Crippen LogP contribution in [0.25, 0.3) is 5.69 Å². The van der Waals surface area contributed by atoms with Crippen LogP contribution in [-0.2, 0) is 0 Å². The molecule has 0 bridgehead atoms. The van der Waals surface area contributed by atoms with Gasteiger partial charge in [-0.1, -0.05) is 23.3 Å². The van der Waals surface area contributed by atoms with Gasteiger partial charge in [-0.2, -0.15) is 4.68 Å². The van der Waals surface area contributed by atoms with Crippen molar-refractivity contribution in [1.29, 1.82) is 0 Å². The SMILES string of the molecule is Cc1nc(C)c(C(C)Nc2nnnn2-c2ccccc2)s1. The summed E-state index contributed by atoms with van der Waals surface area (Å²) in [6, 6.07) is 9.92. The maximum atomic E-state index is 4.46. The third-order valence-corrected chi connectivity index (χ3v) is 4.40. The van der Waals surface area contributed by atoms with Crippen LogP contribution in [0.2, 0.25) is 0 Å². The van der Waals surface area contributed by atoms with E-state index in [0.29, 0.717) is 5.95 Å². The third-order valence-electron chi connectivity index (χ3n) is 3.15. The lowest BCUT2D eigenvalue weighted by atomic mass is 10.2. The number of nitrogens with zero attached hydrogens (tertiary/aromatic N) is 5. The van der Waals surface area contributed by atoms with Crippen molar-refractivity contribution in [3.8, 4) is 5.69 Å². The van der Waals surface area contributed by atoms with E-state index >= 15 is 0 Å². The van der Waals surface area contributed by atoms with Crippen molar-refractivity contribution in [3.63, 3.8) is 0 Å². The maximum absolute atomic E-state index is 4.46. The zero-order chi connectivity index (χ0) is 14.8. The summed E-state index contributed by atoms with van der Waals surface area (Å²) in [5.74, 6) is 0.624. The Bertz CT molecular complexity index is 733. The Morgan fingerprint density at radius 3 is 2.62 bits per heavy atom. The molecule has 0 aliphatic heterocycles. The van der Waals surface area contributed by atoms with E-state index < -0.39 is 0 Å². The van der Waals surface area contributed by atoms with Crippen LogP contribution in [0, 0.1) is 13.8 Å². The van der Waals surface area contributed by atoms with Gasteiger partial charge in [0.1, 0.15) is 0 Å². The van der Waals surface area contributed by atoms with E-state index in [1.165, 1.54) is 4.88 Å². The van der Waals surface area contributed by atoms with E-state index in [-0.39, 0.29) is 6.04 Å². The number of hydrogen-bond acceptors (Lipinski definition) is 6. The van der Waals surface area contributed by atoms with Crippen LogP contribution in [-0.4, -0.2) is 25.2 Å². The molecule has 1 aromatic carbocycles. The number of rotatable bonds is 4. The van der Waals surface area contributed by atoms with Gasteiger partial charge in [-0.3, -0.25) is 0 Å². The fourth-order valence-corrected chi connectivity index (χ4v) is 3.16. The molecule has 0 saturated carbocycles. The normalized spacial score (nSPS) is 12.3. The predicted octanol–water partition coefficient (Wildman–Crippen LogP) is 2.91. The Labute approximate surface area is 126 Å². The number of benzene rings is 1. The molecule has 0 aliphatic carbocycles. The molecule has 6 nitrogen and oxygen atoms in total. The van der Waals surface area contributed by atoms with Crippen LogP contribution >= 0.6 is 11.3 Å². The van der Waals surface area contributed by atoms with Gasteiger partial charge < -0.3 is 5.32 Å². The summed E-state index contributed by atoms with van der Waals surface area (Å²) in [4.78, 5) is 5.67. The minimum atomic E-state index is 0.102. The molecule has 1 unspecified atom stereocenters. The van der Waals surface area contributed by atoms with Crippen LogP contribution in [0.5, 0.6) is 0 Å². The first-order valence-corrected chi connectivity index (χ1v) is 7.51. The lowest BCUT2D eigenvalue weighted by Crippen LogP contribution is -2.11.